The van der Waals surface area contributed by atoms with Crippen LogP contribution in [0.15, 0.2) is 0 Å². The molecule has 0 aromatic rings. The summed E-state index contributed by atoms with van der Waals surface area (Å²) in [5.74, 6) is 0. The molecule has 70 valence electrons. The van der Waals surface area contributed by atoms with Gasteiger partial charge in [0.05, 0.1) is 13.2 Å². The van der Waals surface area contributed by atoms with E-state index in [-0.39, 0.29) is 7.43 Å². The molecule has 1 aliphatic heterocycles. The highest BCUT2D eigenvalue weighted by Crippen LogP contribution is 2.31. The van der Waals surface area contributed by atoms with E-state index in [0.717, 1.165) is 13.2 Å². The van der Waals surface area contributed by atoms with Crippen LogP contribution in [0.5, 0.6) is 0 Å². The molecule has 1 heterocycles. The topological polar surface area (TPSA) is 9.23 Å². The van der Waals surface area contributed by atoms with E-state index in [1.165, 1.54) is 12.8 Å². The van der Waals surface area contributed by atoms with Gasteiger partial charge in [0.15, 0.2) is 0 Å². The van der Waals surface area contributed by atoms with E-state index in [4.69, 9.17) is 4.74 Å². The molecule has 1 saturated heterocycles. The molecule has 0 unspecified atom stereocenters. The van der Waals surface area contributed by atoms with Crippen LogP contribution in [0.1, 0.15) is 48.0 Å². The van der Waals surface area contributed by atoms with Crippen molar-refractivity contribution in [3.63, 3.8) is 0 Å². The van der Waals surface area contributed by atoms with Gasteiger partial charge in [0, 0.05) is 5.41 Å². The lowest BCUT2D eigenvalue weighted by Gasteiger charge is -2.37. The van der Waals surface area contributed by atoms with Crippen molar-refractivity contribution in [2.45, 2.75) is 48.0 Å². The third-order valence-electron chi connectivity index (χ3n) is 1.75. The molecule has 0 aromatic carbocycles. The first-order chi connectivity index (χ1) is 4.77. The molecule has 0 amide bonds. The minimum atomic E-state index is 0. The SMILES string of the molecule is C.CC.CCCC1(C)COC1. The highest BCUT2D eigenvalue weighted by molar-refractivity contribution is 4.79. The normalized spacial score (nSPS) is 18.5. The van der Waals surface area contributed by atoms with Crippen LogP contribution in [-0.4, -0.2) is 13.2 Å². The minimum absolute atomic E-state index is 0. The second-order valence-electron chi connectivity index (χ2n) is 3.05. The molecular weight excluding hydrogens is 136 g/mol. The molecule has 0 bridgehead atoms. The van der Waals surface area contributed by atoms with Crippen LogP contribution in [0.3, 0.4) is 0 Å². The van der Waals surface area contributed by atoms with Gasteiger partial charge < -0.3 is 4.74 Å². The molecule has 0 saturated carbocycles. The fraction of sp³-hybridized carbons (Fsp3) is 1.00. The van der Waals surface area contributed by atoms with Gasteiger partial charge in [-0.2, -0.15) is 0 Å². The van der Waals surface area contributed by atoms with Crippen molar-refractivity contribution in [2.75, 3.05) is 13.2 Å². The van der Waals surface area contributed by atoms with E-state index in [0.29, 0.717) is 5.41 Å². The van der Waals surface area contributed by atoms with Gasteiger partial charge in [-0.05, 0) is 6.42 Å². The third-order valence-corrected chi connectivity index (χ3v) is 1.75. The highest BCUT2D eigenvalue weighted by atomic mass is 16.5. The summed E-state index contributed by atoms with van der Waals surface area (Å²) in [6.45, 7) is 10.5. The zero-order chi connectivity index (χ0) is 8.04. The van der Waals surface area contributed by atoms with Crippen LogP contribution in [0.25, 0.3) is 0 Å². The second-order valence-corrected chi connectivity index (χ2v) is 3.05. The zero-order valence-electron chi connectivity index (χ0n) is 7.74. The Bertz CT molecular complexity index is 74.9. The van der Waals surface area contributed by atoms with Gasteiger partial charge in [-0.15, -0.1) is 0 Å². The molecule has 1 fully saturated rings. The monoisotopic (exact) mass is 160 g/mol. The first kappa shape index (κ1) is 13.5. The maximum Gasteiger partial charge on any atom is 0.0542 e. The molecule has 0 aromatic heterocycles. The molecular formula is C10H24O. The Hall–Kier alpha value is -0.0400. The third kappa shape index (κ3) is 4.41. The van der Waals surface area contributed by atoms with Gasteiger partial charge in [0.25, 0.3) is 0 Å². The van der Waals surface area contributed by atoms with Gasteiger partial charge in [-0.3, -0.25) is 0 Å². The highest BCUT2D eigenvalue weighted by Gasteiger charge is 2.31. The van der Waals surface area contributed by atoms with Crippen molar-refractivity contribution < 1.29 is 4.74 Å². The van der Waals surface area contributed by atoms with Crippen LogP contribution in [0.4, 0.5) is 0 Å². The van der Waals surface area contributed by atoms with Crippen molar-refractivity contribution in [1.82, 2.24) is 0 Å². The van der Waals surface area contributed by atoms with E-state index >= 15 is 0 Å². The summed E-state index contributed by atoms with van der Waals surface area (Å²) in [5.41, 5.74) is 0.550. The van der Waals surface area contributed by atoms with Crippen LogP contribution < -0.4 is 0 Å². The van der Waals surface area contributed by atoms with Crippen molar-refractivity contribution in [3.8, 4) is 0 Å². The molecule has 0 atom stereocenters. The number of hydrogen-bond donors (Lipinski definition) is 0. The molecule has 1 rings (SSSR count). The standard InChI is InChI=1S/C7H14O.C2H6.CH4/c1-3-4-7(2)5-8-6-7;1-2;/h3-6H2,1-2H3;1-2H3;1H4. The number of hydrogen-bond acceptors (Lipinski definition) is 1. The number of ether oxygens (including phenoxy) is 1. The largest absolute Gasteiger partial charge is 0.380 e. The Kier molecular flexibility index (Phi) is 8.20. The average Bonchev–Trinajstić information content (AvgIpc) is 1.90. The molecule has 0 spiro atoms. The van der Waals surface area contributed by atoms with Crippen molar-refractivity contribution in [1.29, 1.82) is 0 Å². The summed E-state index contributed by atoms with van der Waals surface area (Å²) in [6, 6.07) is 0. The maximum atomic E-state index is 5.09. The van der Waals surface area contributed by atoms with E-state index in [9.17, 15) is 0 Å². The van der Waals surface area contributed by atoms with Crippen molar-refractivity contribution in [3.05, 3.63) is 0 Å². The second kappa shape index (κ2) is 6.66. The van der Waals surface area contributed by atoms with Crippen LogP contribution >= 0.6 is 0 Å². The molecule has 11 heavy (non-hydrogen) atoms. The lowest BCUT2D eigenvalue weighted by atomic mass is 9.84. The molecule has 0 aliphatic carbocycles. The predicted molar refractivity (Wildman–Crippen MR) is 51.9 cm³/mol. The van der Waals surface area contributed by atoms with Crippen LogP contribution in [0.2, 0.25) is 0 Å². The summed E-state index contributed by atoms with van der Waals surface area (Å²) in [5, 5.41) is 0. The van der Waals surface area contributed by atoms with Crippen LogP contribution in [0, 0.1) is 5.41 Å². The first-order valence-electron chi connectivity index (χ1n) is 4.35. The number of rotatable bonds is 2. The van der Waals surface area contributed by atoms with Gasteiger partial charge in [0.2, 0.25) is 0 Å². The molecule has 1 heteroatoms. The fourth-order valence-electron chi connectivity index (χ4n) is 1.20. The fourth-order valence-corrected chi connectivity index (χ4v) is 1.20. The molecule has 1 aliphatic rings. The predicted octanol–water partition coefficient (Wildman–Crippen LogP) is 3.49. The smallest absolute Gasteiger partial charge is 0.0542 e. The van der Waals surface area contributed by atoms with E-state index in [2.05, 4.69) is 13.8 Å². The van der Waals surface area contributed by atoms with Crippen molar-refractivity contribution in [2.24, 2.45) is 5.41 Å². The summed E-state index contributed by atoms with van der Waals surface area (Å²) in [4.78, 5) is 0. The first-order valence-corrected chi connectivity index (χ1v) is 4.35. The molecule has 1 nitrogen and oxygen atoms in total. The Morgan fingerprint density at radius 2 is 1.73 bits per heavy atom. The Balaban J connectivity index is 0. The Morgan fingerprint density at radius 3 is 1.82 bits per heavy atom. The zero-order valence-corrected chi connectivity index (χ0v) is 7.74. The Labute approximate surface area is 72.1 Å². The van der Waals surface area contributed by atoms with Gasteiger partial charge >= 0.3 is 0 Å². The minimum Gasteiger partial charge on any atom is -0.380 e. The maximum absolute atomic E-state index is 5.09. The summed E-state index contributed by atoms with van der Waals surface area (Å²) >= 11 is 0. The van der Waals surface area contributed by atoms with Gasteiger partial charge in [0.1, 0.15) is 0 Å². The van der Waals surface area contributed by atoms with Crippen LogP contribution in [-0.2, 0) is 4.74 Å². The van der Waals surface area contributed by atoms with Gasteiger partial charge in [-0.25, -0.2) is 0 Å². The average molecular weight is 160 g/mol. The van der Waals surface area contributed by atoms with E-state index in [1.54, 1.807) is 0 Å². The summed E-state index contributed by atoms with van der Waals surface area (Å²) in [7, 11) is 0. The van der Waals surface area contributed by atoms with E-state index < -0.39 is 0 Å². The summed E-state index contributed by atoms with van der Waals surface area (Å²) in [6.07, 6.45) is 2.62. The summed E-state index contributed by atoms with van der Waals surface area (Å²) < 4.78 is 5.09. The molecule has 0 N–H and O–H groups in total. The lowest BCUT2D eigenvalue weighted by Crippen LogP contribution is -2.39. The molecule has 0 radical (unpaired) electrons. The van der Waals surface area contributed by atoms with Gasteiger partial charge in [-0.1, -0.05) is 41.5 Å². The van der Waals surface area contributed by atoms with E-state index in [1.807, 2.05) is 13.8 Å². The lowest BCUT2D eigenvalue weighted by molar-refractivity contribution is -0.105. The van der Waals surface area contributed by atoms with Crippen molar-refractivity contribution >= 4 is 0 Å². The Morgan fingerprint density at radius 1 is 1.27 bits per heavy atom. The quantitative estimate of drug-likeness (QED) is 0.601.